The van der Waals surface area contributed by atoms with Gasteiger partial charge in [0, 0.05) is 11.6 Å². The van der Waals surface area contributed by atoms with Gasteiger partial charge in [-0.05, 0) is 43.5 Å². The summed E-state index contributed by atoms with van der Waals surface area (Å²) in [4.78, 5) is 26.8. The first-order valence-electron chi connectivity index (χ1n) is 10.2. The summed E-state index contributed by atoms with van der Waals surface area (Å²) in [6.45, 7) is 8.34. The van der Waals surface area contributed by atoms with Crippen molar-refractivity contribution in [3.8, 4) is 5.75 Å². The number of carbonyl (C=O) groups excluding carboxylic acids is 2. The molecule has 0 spiro atoms. The van der Waals surface area contributed by atoms with E-state index in [1.165, 1.54) is 0 Å². The van der Waals surface area contributed by atoms with Gasteiger partial charge in [0.25, 0.3) is 5.91 Å². The van der Waals surface area contributed by atoms with Crippen LogP contribution in [0.2, 0.25) is 5.02 Å². The van der Waals surface area contributed by atoms with E-state index in [1.54, 1.807) is 24.0 Å². The lowest BCUT2D eigenvalue weighted by Crippen LogP contribution is -2.58. The molecule has 1 aromatic carbocycles. The number of nitrogens with zero attached hydrogens (tertiary/aromatic N) is 2. The predicted octanol–water partition coefficient (Wildman–Crippen LogP) is 3.23. The van der Waals surface area contributed by atoms with Crippen LogP contribution in [0.5, 0.6) is 5.75 Å². The van der Waals surface area contributed by atoms with E-state index >= 15 is 0 Å². The summed E-state index contributed by atoms with van der Waals surface area (Å²) in [5, 5.41) is 4.68. The van der Waals surface area contributed by atoms with Crippen LogP contribution in [0.1, 0.15) is 53.6 Å². The van der Waals surface area contributed by atoms with Gasteiger partial charge in [-0.25, -0.2) is 0 Å². The predicted molar refractivity (Wildman–Crippen MR) is 115 cm³/mol. The van der Waals surface area contributed by atoms with Crippen molar-refractivity contribution in [2.24, 2.45) is 5.73 Å². The number of hydrogen-bond donors (Lipinski definition) is 1. The number of morpholine rings is 1. The molecule has 8 nitrogen and oxygen atoms in total. The first kappa shape index (κ1) is 23.1. The van der Waals surface area contributed by atoms with E-state index in [0.29, 0.717) is 34.3 Å². The molecule has 1 aliphatic heterocycles. The average molecular weight is 450 g/mol. The zero-order valence-corrected chi connectivity index (χ0v) is 19.0. The molecule has 2 heterocycles. The Kier molecular flexibility index (Phi) is 6.91. The Bertz CT molecular complexity index is 974. The Morgan fingerprint density at radius 3 is 2.74 bits per heavy atom. The van der Waals surface area contributed by atoms with Crippen LogP contribution in [-0.4, -0.2) is 53.8 Å². The third-order valence-corrected chi connectivity index (χ3v) is 5.74. The van der Waals surface area contributed by atoms with Crippen molar-refractivity contribution in [2.75, 3.05) is 26.3 Å². The van der Waals surface area contributed by atoms with Gasteiger partial charge in [-0.2, -0.15) is 0 Å². The van der Waals surface area contributed by atoms with E-state index in [2.05, 4.69) is 5.16 Å². The van der Waals surface area contributed by atoms with Gasteiger partial charge < -0.3 is 24.6 Å². The van der Waals surface area contributed by atoms with Gasteiger partial charge in [-0.15, -0.1) is 0 Å². The molecule has 1 aromatic heterocycles. The lowest BCUT2D eigenvalue weighted by Gasteiger charge is -2.42. The molecule has 0 unspecified atom stereocenters. The Morgan fingerprint density at radius 1 is 1.35 bits per heavy atom. The number of aryl methyl sites for hydroxylation is 2. The third kappa shape index (κ3) is 5.19. The van der Waals surface area contributed by atoms with Crippen LogP contribution in [0, 0.1) is 13.8 Å². The SMILES string of the molecule is Cc1cc(OC[C@@]2(CC(N)=O)CN(C(=O)c3c(C(C)C)noc3C)CCO2)ccc1Cl. The summed E-state index contributed by atoms with van der Waals surface area (Å²) in [6, 6.07) is 5.29. The second-order valence-corrected chi connectivity index (χ2v) is 8.66. The van der Waals surface area contributed by atoms with E-state index in [1.807, 2.05) is 26.8 Å². The molecular weight excluding hydrogens is 422 g/mol. The Hall–Kier alpha value is -2.58. The summed E-state index contributed by atoms with van der Waals surface area (Å²) in [7, 11) is 0. The number of primary amides is 1. The molecule has 2 N–H and O–H groups in total. The fourth-order valence-corrected chi connectivity index (χ4v) is 3.82. The molecule has 1 saturated heterocycles. The monoisotopic (exact) mass is 449 g/mol. The van der Waals surface area contributed by atoms with E-state index in [0.717, 1.165) is 5.56 Å². The largest absolute Gasteiger partial charge is 0.490 e. The minimum absolute atomic E-state index is 0.0318. The third-order valence-electron chi connectivity index (χ3n) is 5.31. The van der Waals surface area contributed by atoms with Crippen molar-refractivity contribution in [3.63, 3.8) is 0 Å². The highest BCUT2D eigenvalue weighted by molar-refractivity contribution is 6.31. The number of carbonyl (C=O) groups is 2. The van der Waals surface area contributed by atoms with E-state index in [-0.39, 0.29) is 38.0 Å². The quantitative estimate of drug-likeness (QED) is 0.695. The Labute approximate surface area is 186 Å². The Balaban J connectivity index is 1.82. The van der Waals surface area contributed by atoms with Crippen molar-refractivity contribution in [1.29, 1.82) is 0 Å². The standard InChI is InChI=1S/C22H28ClN3O5/c1-13(2)20-19(15(4)31-25-20)21(28)26-7-8-30-22(11-26,10-18(24)27)12-29-16-5-6-17(23)14(3)9-16/h5-6,9,13H,7-8,10-12H2,1-4H3,(H2,24,27)/t22-/m1/s1. The van der Waals surface area contributed by atoms with Gasteiger partial charge >= 0.3 is 0 Å². The zero-order chi connectivity index (χ0) is 22.8. The molecule has 1 aliphatic rings. The number of nitrogens with two attached hydrogens (primary N) is 1. The van der Waals surface area contributed by atoms with Crippen molar-refractivity contribution in [2.45, 2.75) is 45.6 Å². The number of amides is 2. The number of benzene rings is 1. The van der Waals surface area contributed by atoms with Crippen molar-refractivity contribution in [1.82, 2.24) is 10.1 Å². The van der Waals surface area contributed by atoms with Crippen LogP contribution >= 0.6 is 11.6 Å². The molecular formula is C22H28ClN3O5. The molecule has 31 heavy (non-hydrogen) atoms. The number of ether oxygens (including phenoxy) is 2. The molecule has 9 heteroatoms. The summed E-state index contributed by atoms with van der Waals surface area (Å²) < 4.78 is 17.2. The minimum Gasteiger partial charge on any atom is -0.490 e. The summed E-state index contributed by atoms with van der Waals surface area (Å²) >= 11 is 6.08. The molecule has 0 aliphatic carbocycles. The first-order chi connectivity index (χ1) is 14.6. The summed E-state index contributed by atoms with van der Waals surface area (Å²) in [6.07, 6.45) is -0.0803. The number of rotatable bonds is 7. The van der Waals surface area contributed by atoms with Crippen LogP contribution in [0.4, 0.5) is 0 Å². The Morgan fingerprint density at radius 2 is 2.10 bits per heavy atom. The van der Waals surface area contributed by atoms with Crippen LogP contribution in [0.15, 0.2) is 22.7 Å². The fourth-order valence-electron chi connectivity index (χ4n) is 3.70. The highest BCUT2D eigenvalue weighted by Gasteiger charge is 2.42. The molecule has 2 amide bonds. The fraction of sp³-hybridized carbons (Fsp3) is 0.500. The van der Waals surface area contributed by atoms with Crippen LogP contribution < -0.4 is 10.5 Å². The summed E-state index contributed by atoms with van der Waals surface area (Å²) in [5.74, 6) is 0.351. The van der Waals surface area contributed by atoms with E-state index in [4.69, 9.17) is 31.3 Å². The smallest absolute Gasteiger partial charge is 0.259 e. The van der Waals surface area contributed by atoms with Gasteiger partial charge in [0.05, 0.1) is 25.3 Å². The zero-order valence-electron chi connectivity index (χ0n) is 18.2. The van der Waals surface area contributed by atoms with Crippen molar-refractivity contribution >= 4 is 23.4 Å². The van der Waals surface area contributed by atoms with Gasteiger partial charge in [0.1, 0.15) is 29.3 Å². The highest BCUT2D eigenvalue weighted by atomic mass is 35.5. The minimum atomic E-state index is -1.06. The lowest BCUT2D eigenvalue weighted by molar-refractivity contribution is -0.142. The molecule has 0 radical (unpaired) electrons. The maximum atomic E-state index is 13.3. The van der Waals surface area contributed by atoms with Crippen LogP contribution in [0.25, 0.3) is 0 Å². The maximum absolute atomic E-state index is 13.3. The average Bonchev–Trinajstić information content (AvgIpc) is 3.10. The maximum Gasteiger partial charge on any atom is 0.259 e. The second kappa shape index (κ2) is 9.28. The molecule has 0 bridgehead atoms. The van der Waals surface area contributed by atoms with Gasteiger partial charge in [-0.1, -0.05) is 30.6 Å². The van der Waals surface area contributed by atoms with E-state index in [9.17, 15) is 9.59 Å². The number of halogens is 1. The number of hydrogen-bond acceptors (Lipinski definition) is 6. The van der Waals surface area contributed by atoms with Gasteiger partial charge in [0.15, 0.2) is 0 Å². The highest BCUT2D eigenvalue weighted by Crippen LogP contribution is 2.29. The molecule has 3 rings (SSSR count). The first-order valence-corrected chi connectivity index (χ1v) is 10.6. The van der Waals surface area contributed by atoms with Crippen LogP contribution in [-0.2, 0) is 9.53 Å². The van der Waals surface area contributed by atoms with E-state index < -0.39 is 11.5 Å². The van der Waals surface area contributed by atoms with Gasteiger partial charge in [-0.3, -0.25) is 9.59 Å². The number of aromatic nitrogens is 1. The molecule has 2 aromatic rings. The van der Waals surface area contributed by atoms with Crippen molar-refractivity contribution in [3.05, 3.63) is 45.8 Å². The summed E-state index contributed by atoms with van der Waals surface area (Å²) in [5.41, 5.74) is 6.39. The normalized spacial score (nSPS) is 19.0. The topological polar surface area (TPSA) is 108 Å². The van der Waals surface area contributed by atoms with Gasteiger partial charge in [0.2, 0.25) is 5.91 Å². The second-order valence-electron chi connectivity index (χ2n) is 8.25. The molecule has 1 fully saturated rings. The molecule has 1 atom stereocenters. The van der Waals surface area contributed by atoms with Crippen LogP contribution in [0.3, 0.4) is 0 Å². The molecule has 168 valence electrons. The lowest BCUT2D eigenvalue weighted by atomic mass is 9.96. The molecule has 0 saturated carbocycles. The van der Waals surface area contributed by atoms with Crippen molar-refractivity contribution < 1.29 is 23.6 Å².